The lowest BCUT2D eigenvalue weighted by atomic mass is 10.2. The molecule has 78 valence electrons. The van der Waals surface area contributed by atoms with Gasteiger partial charge in [0, 0.05) is 13.1 Å². The second-order valence-corrected chi connectivity index (χ2v) is 4.26. The summed E-state index contributed by atoms with van der Waals surface area (Å²) in [5, 5.41) is 5.91. The number of carbonyl (C=O) groups is 1. The van der Waals surface area contributed by atoms with Crippen LogP contribution in [0, 0.1) is 0 Å². The number of thioether (sulfide) groups is 1. The Bertz CT molecular complexity index is 151. The lowest BCUT2D eigenvalue weighted by molar-refractivity contribution is -0.122. The zero-order chi connectivity index (χ0) is 10.3. The number of amides is 1. The van der Waals surface area contributed by atoms with Gasteiger partial charge < -0.3 is 10.6 Å². The lowest BCUT2D eigenvalue weighted by Crippen LogP contribution is -2.46. The highest BCUT2D eigenvalue weighted by Gasteiger charge is 2.16. The van der Waals surface area contributed by atoms with E-state index >= 15 is 0 Å². The zero-order valence-corrected chi connectivity index (χ0v) is 9.70. The van der Waals surface area contributed by atoms with Gasteiger partial charge in [0.15, 0.2) is 0 Å². The van der Waals surface area contributed by atoms with Gasteiger partial charge in [-0.15, -0.1) is 0 Å². The first-order valence-corrected chi connectivity index (χ1v) is 5.97. The Morgan fingerprint density at radius 1 is 1.46 bits per heavy atom. The van der Waals surface area contributed by atoms with Crippen LogP contribution >= 0.6 is 11.8 Å². The first kappa shape index (κ1) is 12.8. The van der Waals surface area contributed by atoms with Crippen LogP contribution in [0.3, 0.4) is 0 Å². The van der Waals surface area contributed by atoms with E-state index in [1.807, 2.05) is 0 Å². The van der Waals surface area contributed by atoms with Crippen LogP contribution in [0.5, 0.6) is 0 Å². The van der Waals surface area contributed by atoms with Crippen molar-refractivity contribution in [3.63, 3.8) is 0 Å². The van der Waals surface area contributed by atoms with Gasteiger partial charge in [0.25, 0.3) is 0 Å². The number of rotatable bonds is 6. The Balaban J connectivity index is 3.94. The molecular formula is C9H20N2OS. The summed E-state index contributed by atoms with van der Waals surface area (Å²) in [5.41, 5.74) is 0. The lowest BCUT2D eigenvalue weighted by Gasteiger charge is -2.19. The van der Waals surface area contributed by atoms with Crippen molar-refractivity contribution in [2.75, 3.05) is 19.1 Å². The van der Waals surface area contributed by atoms with E-state index in [0.717, 1.165) is 12.2 Å². The predicted molar refractivity (Wildman–Crippen MR) is 59.1 cm³/mol. The highest BCUT2D eigenvalue weighted by molar-refractivity contribution is 7.98. The summed E-state index contributed by atoms with van der Waals surface area (Å²) in [6.45, 7) is 4.10. The van der Waals surface area contributed by atoms with Crippen LogP contribution in [0.1, 0.15) is 20.3 Å². The average molecular weight is 204 g/mol. The SMILES string of the molecule is CNC(=O)C(CCSC)NC(C)C. The van der Waals surface area contributed by atoms with Crippen LogP contribution < -0.4 is 10.6 Å². The quantitative estimate of drug-likeness (QED) is 0.674. The predicted octanol–water partition coefficient (Wildman–Crippen LogP) is 0.852. The first-order valence-electron chi connectivity index (χ1n) is 4.58. The van der Waals surface area contributed by atoms with E-state index in [4.69, 9.17) is 0 Å². The molecule has 0 aromatic rings. The molecule has 0 bridgehead atoms. The van der Waals surface area contributed by atoms with Crippen LogP contribution in [0.25, 0.3) is 0 Å². The molecule has 1 unspecified atom stereocenters. The topological polar surface area (TPSA) is 41.1 Å². The number of likely N-dealkylation sites (N-methyl/N-ethyl adjacent to an activating group) is 1. The molecule has 0 rings (SSSR count). The molecule has 13 heavy (non-hydrogen) atoms. The summed E-state index contributed by atoms with van der Waals surface area (Å²) in [6.07, 6.45) is 2.94. The Morgan fingerprint density at radius 2 is 2.08 bits per heavy atom. The molecule has 2 N–H and O–H groups in total. The second-order valence-electron chi connectivity index (χ2n) is 3.27. The van der Waals surface area contributed by atoms with Gasteiger partial charge >= 0.3 is 0 Å². The summed E-state index contributed by atoms with van der Waals surface area (Å²) in [7, 11) is 1.68. The number of hydrogen-bond acceptors (Lipinski definition) is 3. The molecule has 0 saturated heterocycles. The maximum absolute atomic E-state index is 11.4. The molecule has 0 aliphatic carbocycles. The minimum Gasteiger partial charge on any atom is -0.358 e. The number of hydrogen-bond donors (Lipinski definition) is 2. The molecule has 0 aliphatic heterocycles. The van der Waals surface area contributed by atoms with E-state index in [1.165, 1.54) is 0 Å². The van der Waals surface area contributed by atoms with Crippen LogP contribution in [-0.2, 0) is 4.79 Å². The van der Waals surface area contributed by atoms with Crippen molar-refractivity contribution in [3.8, 4) is 0 Å². The molecule has 0 saturated carbocycles. The van der Waals surface area contributed by atoms with E-state index in [9.17, 15) is 4.79 Å². The molecule has 0 fully saturated rings. The molecule has 0 heterocycles. The Labute approximate surface area is 85.0 Å². The third-order valence-electron chi connectivity index (χ3n) is 1.71. The fourth-order valence-electron chi connectivity index (χ4n) is 1.10. The van der Waals surface area contributed by atoms with Crippen molar-refractivity contribution in [1.82, 2.24) is 10.6 Å². The van der Waals surface area contributed by atoms with Gasteiger partial charge in [-0.25, -0.2) is 0 Å². The molecule has 0 aromatic heterocycles. The minimum absolute atomic E-state index is 0.0440. The standard InChI is InChI=1S/C9H20N2OS/c1-7(2)11-8(5-6-13-4)9(12)10-3/h7-8,11H,5-6H2,1-4H3,(H,10,12). The molecular weight excluding hydrogens is 184 g/mol. The summed E-state index contributed by atoms with van der Waals surface area (Å²) in [5.74, 6) is 1.10. The van der Waals surface area contributed by atoms with Gasteiger partial charge in [-0.3, -0.25) is 4.79 Å². The molecule has 1 atom stereocenters. The maximum atomic E-state index is 11.4. The maximum Gasteiger partial charge on any atom is 0.236 e. The smallest absolute Gasteiger partial charge is 0.236 e. The Morgan fingerprint density at radius 3 is 2.46 bits per heavy atom. The van der Waals surface area contributed by atoms with Crippen molar-refractivity contribution in [3.05, 3.63) is 0 Å². The largest absolute Gasteiger partial charge is 0.358 e. The fourth-order valence-corrected chi connectivity index (χ4v) is 1.57. The van der Waals surface area contributed by atoms with E-state index < -0.39 is 0 Å². The van der Waals surface area contributed by atoms with E-state index in [-0.39, 0.29) is 11.9 Å². The van der Waals surface area contributed by atoms with E-state index in [1.54, 1.807) is 18.8 Å². The van der Waals surface area contributed by atoms with Gasteiger partial charge in [0.1, 0.15) is 0 Å². The number of nitrogens with one attached hydrogen (secondary N) is 2. The molecule has 0 spiro atoms. The summed E-state index contributed by atoms with van der Waals surface area (Å²) in [4.78, 5) is 11.4. The van der Waals surface area contributed by atoms with Crippen LogP contribution in [0.2, 0.25) is 0 Å². The van der Waals surface area contributed by atoms with Crippen molar-refractivity contribution in [1.29, 1.82) is 0 Å². The second kappa shape index (κ2) is 7.21. The fraction of sp³-hybridized carbons (Fsp3) is 0.889. The van der Waals surface area contributed by atoms with Gasteiger partial charge in [0.05, 0.1) is 6.04 Å². The van der Waals surface area contributed by atoms with Crippen molar-refractivity contribution < 1.29 is 4.79 Å². The van der Waals surface area contributed by atoms with Gasteiger partial charge in [-0.05, 0) is 18.4 Å². The summed E-state index contributed by atoms with van der Waals surface area (Å²) >= 11 is 1.76. The molecule has 0 aromatic carbocycles. The zero-order valence-electron chi connectivity index (χ0n) is 8.89. The molecule has 0 radical (unpaired) electrons. The third-order valence-corrected chi connectivity index (χ3v) is 2.35. The van der Waals surface area contributed by atoms with E-state index in [2.05, 4.69) is 30.7 Å². The highest BCUT2D eigenvalue weighted by Crippen LogP contribution is 2.01. The highest BCUT2D eigenvalue weighted by atomic mass is 32.2. The van der Waals surface area contributed by atoms with Gasteiger partial charge in [0.2, 0.25) is 5.91 Å². The average Bonchev–Trinajstić information content (AvgIpc) is 2.10. The summed E-state index contributed by atoms with van der Waals surface area (Å²) in [6, 6.07) is 0.307. The van der Waals surface area contributed by atoms with Crippen molar-refractivity contribution in [2.45, 2.75) is 32.4 Å². The Hall–Kier alpha value is -0.220. The van der Waals surface area contributed by atoms with Crippen LogP contribution in [0.4, 0.5) is 0 Å². The van der Waals surface area contributed by atoms with Gasteiger partial charge in [-0.1, -0.05) is 13.8 Å². The monoisotopic (exact) mass is 204 g/mol. The van der Waals surface area contributed by atoms with E-state index in [0.29, 0.717) is 6.04 Å². The van der Waals surface area contributed by atoms with Crippen LogP contribution in [0.15, 0.2) is 0 Å². The molecule has 0 aliphatic rings. The summed E-state index contributed by atoms with van der Waals surface area (Å²) < 4.78 is 0. The van der Waals surface area contributed by atoms with Crippen molar-refractivity contribution in [2.24, 2.45) is 0 Å². The molecule has 1 amide bonds. The van der Waals surface area contributed by atoms with Crippen molar-refractivity contribution >= 4 is 17.7 Å². The van der Waals surface area contributed by atoms with Crippen LogP contribution in [-0.4, -0.2) is 37.0 Å². The minimum atomic E-state index is -0.0440. The molecule has 3 nitrogen and oxygen atoms in total. The first-order chi connectivity index (χ1) is 6.11. The molecule has 4 heteroatoms. The normalized spacial score (nSPS) is 13.0. The third kappa shape index (κ3) is 5.93. The Kier molecular flexibility index (Phi) is 7.09. The number of carbonyl (C=O) groups excluding carboxylic acids is 1. The van der Waals surface area contributed by atoms with Gasteiger partial charge in [-0.2, -0.15) is 11.8 Å².